The maximum Gasteiger partial charge on any atom is 0.336 e. The van der Waals surface area contributed by atoms with Gasteiger partial charge in [-0.15, -0.1) is 0 Å². The van der Waals surface area contributed by atoms with Gasteiger partial charge in [0, 0.05) is 18.2 Å². The highest BCUT2D eigenvalue weighted by molar-refractivity contribution is 7.89. The lowest BCUT2D eigenvalue weighted by Gasteiger charge is -2.16. The van der Waals surface area contributed by atoms with E-state index in [1.807, 2.05) is 0 Å². The summed E-state index contributed by atoms with van der Waals surface area (Å²) in [5, 5.41) is 9.10. The van der Waals surface area contributed by atoms with Gasteiger partial charge >= 0.3 is 5.97 Å². The molecule has 0 aliphatic carbocycles. The van der Waals surface area contributed by atoms with Crippen LogP contribution in [-0.4, -0.2) is 39.3 Å². The van der Waals surface area contributed by atoms with Crippen molar-refractivity contribution in [3.63, 3.8) is 0 Å². The number of ether oxygens (including phenoxy) is 1. The number of sulfonamides is 1. The van der Waals surface area contributed by atoms with Crippen LogP contribution in [0.15, 0.2) is 17.0 Å². The smallest absolute Gasteiger partial charge is 0.336 e. The van der Waals surface area contributed by atoms with Crippen molar-refractivity contribution in [3.05, 3.63) is 28.3 Å². The summed E-state index contributed by atoms with van der Waals surface area (Å²) in [7, 11) is -2.41. The van der Waals surface area contributed by atoms with Crippen molar-refractivity contribution in [2.45, 2.75) is 24.8 Å². The molecule has 0 saturated carbocycles. The molecule has 6 nitrogen and oxygen atoms in total. The number of carbonyl (C=O) groups is 1. The van der Waals surface area contributed by atoms with Gasteiger partial charge in [-0.2, -0.15) is 0 Å². The van der Waals surface area contributed by atoms with E-state index in [0.29, 0.717) is 0 Å². The molecule has 0 aliphatic heterocycles. The monoisotopic (exact) mass is 321 g/mol. The number of hydrogen-bond donors (Lipinski definition) is 2. The van der Waals surface area contributed by atoms with E-state index >= 15 is 0 Å². The largest absolute Gasteiger partial charge is 0.478 e. The maximum absolute atomic E-state index is 12.2. The zero-order chi connectivity index (χ0) is 15.5. The van der Waals surface area contributed by atoms with Crippen LogP contribution in [0.4, 0.5) is 0 Å². The summed E-state index contributed by atoms with van der Waals surface area (Å²) in [6, 6.07) is 2.00. The Morgan fingerprint density at radius 3 is 2.60 bits per heavy atom. The van der Waals surface area contributed by atoms with Gasteiger partial charge in [-0.3, -0.25) is 0 Å². The van der Waals surface area contributed by atoms with Crippen molar-refractivity contribution in [2.75, 3.05) is 13.7 Å². The highest BCUT2D eigenvalue weighted by atomic mass is 35.5. The molecule has 0 aliphatic rings. The second kappa shape index (κ2) is 6.53. The standard InChI is InChI=1S/C12H16ClNO5S/c1-7(6-19-3)14-20(17,18)11-5-9(13)4-10(8(11)2)12(15)16/h4-5,7,14H,6H2,1-3H3,(H,15,16). The fraction of sp³-hybridized carbons (Fsp3) is 0.417. The number of benzene rings is 1. The van der Waals surface area contributed by atoms with Gasteiger partial charge in [0.15, 0.2) is 0 Å². The van der Waals surface area contributed by atoms with Crippen molar-refractivity contribution in [2.24, 2.45) is 0 Å². The van der Waals surface area contributed by atoms with E-state index in [2.05, 4.69) is 4.72 Å². The van der Waals surface area contributed by atoms with Gasteiger partial charge in [0.05, 0.1) is 17.1 Å². The lowest BCUT2D eigenvalue weighted by Crippen LogP contribution is -2.36. The predicted molar refractivity (Wildman–Crippen MR) is 74.8 cm³/mol. The minimum Gasteiger partial charge on any atom is -0.478 e. The first kappa shape index (κ1) is 16.9. The highest BCUT2D eigenvalue weighted by Crippen LogP contribution is 2.24. The fourth-order valence-corrected chi connectivity index (χ4v) is 3.57. The summed E-state index contributed by atoms with van der Waals surface area (Å²) in [5.74, 6) is -1.23. The minimum absolute atomic E-state index is 0.0489. The van der Waals surface area contributed by atoms with E-state index in [1.165, 1.54) is 26.2 Å². The van der Waals surface area contributed by atoms with E-state index in [9.17, 15) is 13.2 Å². The van der Waals surface area contributed by atoms with Crippen LogP contribution in [-0.2, 0) is 14.8 Å². The number of hydrogen-bond acceptors (Lipinski definition) is 4. The summed E-state index contributed by atoms with van der Waals surface area (Å²) in [6.07, 6.45) is 0. The van der Waals surface area contributed by atoms with Crippen molar-refractivity contribution in [3.8, 4) is 0 Å². The lowest BCUT2D eigenvalue weighted by molar-refractivity contribution is 0.0696. The number of aromatic carboxylic acids is 1. The summed E-state index contributed by atoms with van der Waals surface area (Å²) in [6.45, 7) is 3.26. The Balaban J connectivity index is 3.28. The van der Waals surface area contributed by atoms with Crippen LogP contribution >= 0.6 is 11.6 Å². The van der Waals surface area contributed by atoms with E-state index in [-0.39, 0.29) is 27.7 Å². The number of carboxylic acid groups (broad SMARTS) is 1. The first-order valence-corrected chi connectivity index (χ1v) is 7.60. The molecule has 2 N–H and O–H groups in total. The molecule has 0 fully saturated rings. The second-order valence-corrected chi connectivity index (χ2v) is 6.48. The number of rotatable bonds is 6. The Bertz CT molecular complexity index is 615. The van der Waals surface area contributed by atoms with Gasteiger partial charge in [-0.05, 0) is 31.5 Å². The summed E-state index contributed by atoms with van der Waals surface area (Å²) in [4.78, 5) is 10.9. The molecule has 1 rings (SSSR count). The minimum atomic E-state index is -3.87. The Kier molecular flexibility index (Phi) is 5.52. The molecule has 0 radical (unpaired) electrons. The van der Waals surface area contributed by atoms with Gasteiger partial charge in [0.25, 0.3) is 0 Å². The predicted octanol–water partition coefficient (Wildman–Crippen LogP) is 1.66. The molecule has 0 heterocycles. The summed E-state index contributed by atoms with van der Waals surface area (Å²) in [5.41, 5.74) is -0.00344. The van der Waals surface area contributed by atoms with Gasteiger partial charge in [-0.1, -0.05) is 11.6 Å². The Labute approximate surface area is 122 Å². The normalized spacial score (nSPS) is 13.2. The molecule has 0 spiro atoms. The summed E-state index contributed by atoms with van der Waals surface area (Å²) >= 11 is 5.79. The molecule has 1 aromatic carbocycles. The number of methoxy groups -OCH3 is 1. The van der Waals surface area contributed by atoms with E-state index in [0.717, 1.165) is 0 Å². The van der Waals surface area contributed by atoms with Crippen LogP contribution in [0.1, 0.15) is 22.8 Å². The third-order valence-electron chi connectivity index (χ3n) is 2.62. The van der Waals surface area contributed by atoms with Gasteiger partial charge in [0.1, 0.15) is 0 Å². The quantitative estimate of drug-likeness (QED) is 0.831. The maximum atomic E-state index is 12.2. The lowest BCUT2D eigenvalue weighted by atomic mass is 10.1. The topological polar surface area (TPSA) is 92.7 Å². The average molecular weight is 322 g/mol. The molecule has 1 unspecified atom stereocenters. The fourth-order valence-electron chi connectivity index (χ4n) is 1.77. The highest BCUT2D eigenvalue weighted by Gasteiger charge is 2.23. The van der Waals surface area contributed by atoms with Crippen molar-refractivity contribution in [1.82, 2.24) is 4.72 Å². The Hall–Kier alpha value is -1.15. The first-order valence-electron chi connectivity index (χ1n) is 5.73. The molecular formula is C12H16ClNO5S. The first-order chi connectivity index (χ1) is 9.19. The Morgan fingerprint density at radius 1 is 1.50 bits per heavy atom. The third-order valence-corrected chi connectivity index (χ3v) is 4.55. The van der Waals surface area contributed by atoms with Crippen LogP contribution in [0.2, 0.25) is 5.02 Å². The molecule has 0 amide bonds. The molecule has 20 heavy (non-hydrogen) atoms. The van der Waals surface area contributed by atoms with Crippen LogP contribution in [0, 0.1) is 6.92 Å². The van der Waals surface area contributed by atoms with Crippen LogP contribution < -0.4 is 4.72 Å². The third kappa shape index (κ3) is 3.92. The zero-order valence-electron chi connectivity index (χ0n) is 11.3. The molecule has 0 saturated heterocycles. The molecular weight excluding hydrogens is 306 g/mol. The van der Waals surface area contributed by atoms with Crippen LogP contribution in [0.5, 0.6) is 0 Å². The van der Waals surface area contributed by atoms with E-state index in [1.54, 1.807) is 6.92 Å². The molecule has 8 heteroatoms. The van der Waals surface area contributed by atoms with Crippen molar-refractivity contribution >= 4 is 27.6 Å². The van der Waals surface area contributed by atoms with Gasteiger partial charge in [-0.25, -0.2) is 17.9 Å². The van der Waals surface area contributed by atoms with Crippen LogP contribution in [0.3, 0.4) is 0 Å². The van der Waals surface area contributed by atoms with Crippen LogP contribution in [0.25, 0.3) is 0 Å². The van der Waals surface area contributed by atoms with E-state index in [4.69, 9.17) is 21.4 Å². The van der Waals surface area contributed by atoms with Gasteiger partial charge in [0.2, 0.25) is 10.0 Å². The molecule has 1 aromatic rings. The average Bonchev–Trinajstić information content (AvgIpc) is 2.30. The number of halogens is 1. The number of carboxylic acids is 1. The number of nitrogens with one attached hydrogen (secondary N) is 1. The molecule has 112 valence electrons. The van der Waals surface area contributed by atoms with Crippen molar-refractivity contribution < 1.29 is 23.1 Å². The van der Waals surface area contributed by atoms with Gasteiger partial charge < -0.3 is 9.84 Å². The SMILES string of the molecule is COCC(C)NS(=O)(=O)c1cc(Cl)cc(C(=O)O)c1C. The zero-order valence-corrected chi connectivity index (χ0v) is 12.9. The molecule has 1 atom stereocenters. The molecule has 0 bridgehead atoms. The second-order valence-electron chi connectivity index (χ2n) is 4.36. The van der Waals surface area contributed by atoms with E-state index < -0.39 is 22.0 Å². The van der Waals surface area contributed by atoms with Crippen molar-refractivity contribution in [1.29, 1.82) is 0 Å². The summed E-state index contributed by atoms with van der Waals surface area (Å²) < 4.78 is 31.8. The molecule has 0 aromatic heterocycles. The Morgan fingerprint density at radius 2 is 2.10 bits per heavy atom.